The summed E-state index contributed by atoms with van der Waals surface area (Å²) in [6.45, 7) is 6.45. The molecule has 0 spiro atoms. The Morgan fingerprint density at radius 1 is 1.19 bits per heavy atom. The maximum atomic E-state index is 5.61. The van der Waals surface area contributed by atoms with Crippen molar-refractivity contribution < 1.29 is 0 Å². The van der Waals surface area contributed by atoms with Gasteiger partial charge in [0.1, 0.15) is 0 Å². The Hall–Kier alpha value is -1.84. The third-order valence-corrected chi connectivity index (χ3v) is 2.40. The van der Waals surface area contributed by atoms with Crippen LogP contribution in [0.25, 0.3) is 5.82 Å². The van der Waals surface area contributed by atoms with Crippen molar-refractivity contribution in [1.29, 1.82) is 0 Å². The minimum absolute atomic E-state index is 0.0412. The van der Waals surface area contributed by atoms with Crippen molar-refractivity contribution in [2.24, 2.45) is 0 Å². The molecule has 0 fully saturated rings. The molecule has 4 nitrogen and oxygen atoms in total. The van der Waals surface area contributed by atoms with Crippen LogP contribution in [0.5, 0.6) is 0 Å². The normalized spacial score (nSPS) is 11.7. The highest BCUT2D eigenvalue weighted by molar-refractivity contribution is 5.39. The number of aromatic nitrogens is 3. The third kappa shape index (κ3) is 1.91. The molecule has 0 amide bonds. The zero-order chi connectivity index (χ0) is 11.8. The van der Waals surface area contributed by atoms with Crippen LogP contribution in [-0.4, -0.2) is 14.8 Å². The SMILES string of the molecule is CC(C)(C)c1ccnn1-c1ccc(N)cn1. The molecule has 0 aliphatic carbocycles. The second-order valence-electron chi connectivity index (χ2n) is 4.83. The topological polar surface area (TPSA) is 56.7 Å². The lowest BCUT2D eigenvalue weighted by atomic mass is 9.92. The lowest BCUT2D eigenvalue weighted by Crippen LogP contribution is -2.18. The van der Waals surface area contributed by atoms with Gasteiger partial charge in [-0.1, -0.05) is 20.8 Å². The number of hydrogen-bond donors (Lipinski definition) is 1. The first-order valence-corrected chi connectivity index (χ1v) is 5.25. The molecule has 2 heterocycles. The molecule has 0 aliphatic heterocycles. The number of nitrogen functional groups attached to an aromatic ring is 1. The molecule has 0 bridgehead atoms. The molecule has 84 valence electrons. The predicted molar refractivity (Wildman–Crippen MR) is 64.5 cm³/mol. The van der Waals surface area contributed by atoms with Gasteiger partial charge >= 0.3 is 0 Å². The molecule has 0 aliphatic rings. The predicted octanol–water partition coefficient (Wildman–Crippen LogP) is 2.15. The van der Waals surface area contributed by atoms with Crippen molar-refractivity contribution >= 4 is 5.69 Å². The second kappa shape index (κ2) is 3.63. The number of anilines is 1. The van der Waals surface area contributed by atoms with Gasteiger partial charge in [0.25, 0.3) is 0 Å². The molecule has 2 N–H and O–H groups in total. The van der Waals surface area contributed by atoms with Crippen molar-refractivity contribution in [3.63, 3.8) is 0 Å². The van der Waals surface area contributed by atoms with Gasteiger partial charge in [0, 0.05) is 11.6 Å². The molecular weight excluding hydrogens is 200 g/mol. The first-order chi connectivity index (χ1) is 7.48. The van der Waals surface area contributed by atoms with E-state index in [1.807, 2.05) is 22.9 Å². The fraction of sp³-hybridized carbons (Fsp3) is 0.333. The highest BCUT2D eigenvalue weighted by Crippen LogP contribution is 2.23. The van der Waals surface area contributed by atoms with E-state index in [9.17, 15) is 0 Å². The molecule has 0 aromatic carbocycles. The molecule has 0 saturated heterocycles. The number of nitrogens with two attached hydrogens (primary N) is 1. The van der Waals surface area contributed by atoms with Crippen molar-refractivity contribution in [2.45, 2.75) is 26.2 Å². The van der Waals surface area contributed by atoms with Crippen LogP contribution >= 0.6 is 0 Å². The standard InChI is InChI=1S/C12H16N4/c1-12(2,3)10-6-7-15-16(10)11-5-4-9(13)8-14-11/h4-8H,13H2,1-3H3. The van der Waals surface area contributed by atoms with E-state index >= 15 is 0 Å². The molecule has 2 aromatic rings. The van der Waals surface area contributed by atoms with E-state index in [4.69, 9.17) is 5.73 Å². The Bertz CT molecular complexity index is 476. The highest BCUT2D eigenvalue weighted by atomic mass is 15.3. The summed E-state index contributed by atoms with van der Waals surface area (Å²) in [7, 11) is 0. The molecule has 2 rings (SSSR count). The summed E-state index contributed by atoms with van der Waals surface area (Å²) in [5.74, 6) is 0.795. The van der Waals surface area contributed by atoms with Crippen LogP contribution < -0.4 is 5.73 Å². The van der Waals surface area contributed by atoms with Gasteiger partial charge in [0.2, 0.25) is 0 Å². The van der Waals surface area contributed by atoms with Crippen LogP contribution in [0.2, 0.25) is 0 Å². The quantitative estimate of drug-likeness (QED) is 0.794. The van der Waals surface area contributed by atoms with Crippen LogP contribution in [0, 0.1) is 0 Å². The van der Waals surface area contributed by atoms with Crippen LogP contribution in [0.15, 0.2) is 30.6 Å². The van der Waals surface area contributed by atoms with E-state index in [1.165, 1.54) is 0 Å². The average molecular weight is 216 g/mol. The van der Waals surface area contributed by atoms with E-state index < -0.39 is 0 Å². The maximum absolute atomic E-state index is 5.61. The lowest BCUT2D eigenvalue weighted by Gasteiger charge is -2.19. The lowest BCUT2D eigenvalue weighted by molar-refractivity contribution is 0.541. The van der Waals surface area contributed by atoms with Gasteiger partial charge in [-0.15, -0.1) is 0 Å². The fourth-order valence-electron chi connectivity index (χ4n) is 1.58. The Morgan fingerprint density at radius 2 is 1.94 bits per heavy atom. The van der Waals surface area contributed by atoms with Gasteiger partial charge in [0.15, 0.2) is 5.82 Å². The first kappa shape index (κ1) is 10.7. The summed E-state index contributed by atoms with van der Waals surface area (Å²) in [6, 6.07) is 5.71. The van der Waals surface area contributed by atoms with Crippen LogP contribution in [-0.2, 0) is 5.41 Å². The summed E-state index contributed by atoms with van der Waals surface area (Å²) in [5.41, 5.74) is 7.44. The Balaban J connectivity index is 2.49. The van der Waals surface area contributed by atoms with E-state index in [1.54, 1.807) is 12.4 Å². The molecule has 2 aromatic heterocycles. The molecule has 0 unspecified atom stereocenters. The average Bonchev–Trinajstić information content (AvgIpc) is 2.66. The van der Waals surface area contributed by atoms with Gasteiger partial charge in [-0.2, -0.15) is 5.10 Å². The highest BCUT2D eigenvalue weighted by Gasteiger charge is 2.19. The number of hydrogen-bond acceptors (Lipinski definition) is 3. The third-order valence-electron chi connectivity index (χ3n) is 2.40. The van der Waals surface area contributed by atoms with Crippen molar-refractivity contribution in [3.05, 3.63) is 36.3 Å². The summed E-state index contributed by atoms with van der Waals surface area (Å²) < 4.78 is 1.85. The van der Waals surface area contributed by atoms with E-state index in [-0.39, 0.29) is 5.41 Å². The largest absolute Gasteiger partial charge is 0.397 e. The minimum atomic E-state index is 0.0412. The van der Waals surface area contributed by atoms with Crippen LogP contribution in [0.3, 0.4) is 0 Å². The smallest absolute Gasteiger partial charge is 0.153 e. The molecule has 0 atom stereocenters. The molecule has 0 saturated carbocycles. The van der Waals surface area contributed by atoms with E-state index in [0.717, 1.165) is 11.5 Å². The van der Waals surface area contributed by atoms with E-state index in [0.29, 0.717) is 5.69 Å². The molecule has 0 radical (unpaired) electrons. The summed E-state index contributed by atoms with van der Waals surface area (Å²) in [6.07, 6.45) is 3.43. The minimum Gasteiger partial charge on any atom is -0.397 e. The Kier molecular flexibility index (Phi) is 2.42. The van der Waals surface area contributed by atoms with Gasteiger partial charge in [-0.3, -0.25) is 0 Å². The van der Waals surface area contributed by atoms with E-state index in [2.05, 4.69) is 30.9 Å². The Morgan fingerprint density at radius 3 is 2.50 bits per heavy atom. The second-order valence-corrected chi connectivity index (χ2v) is 4.83. The van der Waals surface area contributed by atoms with Gasteiger partial charge in [-0.05, 0) is 18.2 Å². The van der Waals surface area contributed by atoms with Gasteiger partial charge in [0.05, 0.1) is 17.6 Å². The summed E-state index contributed by atoms with van der Waals surface area (Å²) >= 11 is 0. The van der Waals surface area contributed by atoms with Crippen molar-refractivity contribution in [2.75, 3.05) is 5.73 Å². The fourth-order valence-corrected chi connectivity index (χ4v) is 1.58. The summed E-state index contributed by atoms with van der Waals surface area (Å²) in [4.78, 5) is 4.27. The number of nitrogens with zero attached hydrogens (tertiary/aromatic N) is 3. The van der Waals surface area contributed by atoms with Crippen LogP contribution in [0.1, 0.15) is 26.5 Å². The zero-order valence-corrected chi connectivity index (χ0v) is 9.81. The van der Waals surface area contributed by atoms with Crippen LogP contribution in [0.4, 0.5) is 5.69 Å². The van der Waals surface area contributed by atoms with Gasteiger partial charge in [-0.25, -0.2) is 9.67 Å². The molecular formula is C12H16N4. The molecule has 16 heavy (non-hydrogen) atoms. The number of pyridine rings is 1. The monoisotopic (exact) mass is 216 g/mol. The zero-order valence-electron chi connectivity index (χ0n) is 9.81. The first-order valence-electron chi connectivity index (χ1n) is 5.25. The van der Waals surface area contributed by atoms with Crippen molar-refractivity contribution in [3.8, 4) is 5.82 Å². The molecule has 4 heteroatoms. The Labute approximate surface area is 95.1 Å². The van der Waals surface area contributed by atoms with Crippen molar-refractivity contribution in [1.82, 2.24) is 14.8 Å². The maximum Gasteiger partial charge on any atom is 0.153 e. The van der Waals surface area contributed by atoms with Gasteiger partial charge < -0.3 is 5.73 Å². The summed E-state index contributed by atoms with van der Waals surface area (Å²) in [5, 5.41) is 4.30. The number of rotatable bonds is 1.